The Kier molecular flexibility index (Phi) is 2.28. The van der Waals surface area contributed by atoms with Crippen molar-refractivity contribution in [3.63, 3.8) is 0 Å². The molecule has 2 fully saturated rings. The van der Waals surface area contributed by atoms with Crippen LogP contribution < -0.4 is 0 Å². The first-order valence-corrected chi connectivity index (χ1v) is 4.87. The van der Waals surface area contributed by atoms with Crippen molar-refractivity contribution in [1.82, 2.24) is 4.90 Å². The van der Waals surface area contributed by atoms with Gasteiger partial charge in [-0.3, -0.25) is 4.90 Å². The number of fused-ring (bicyclic) bond motifs is 1. The SMILES string of the molecule is OC[C@@H]1CCC2CC(F)(F)CCN21. The maximum Gasteiger partial charge on any atom is 0.250 e. The summed E-state index contributed by atoms with van der Waals surface area (Å²) in [6.45, 7) is 0.560. The van der Waals surface area contributed by atoms with Crippen molar-refractivity contribution in [2.75, 3.05) is 13.2 Å². The molecule has 2 aliphatic heterocycles. The second-order valence-electron chi connectivity index (χ2n) is 4.12. The van der Waals surface area contributed by atoms with Crippen LogP contribution in [-0.2, 0) is 0 Å². The molecule has 1 N–H and O–H groups in total. The van der Waals surface area contributed by atoms with Crippen LogP contribution in [-0.4, -0.2) is 41.2 Å². The molecule has 0 amide bonds. The topological polar surface area (TPSA) is 23.5 Å². The molecule has 76 valence electrons. The fourth-order valence-corrected chi connectivity index (χ4v) is 2.53. The average Bonchev–Trinajstić information content (AvgIpc) is 2.44. The summed E-state index contributed by atoms with van der Waals surface area (Å²) in [5.41, 5.74) is 0. The van der Waals surface area contributed by atoms with Crippen LogP contribution in [0.4, 0.5) is 8.78 Å². The highest BCUT2D eigenvalue weighted by Crippen LogP contribution is 2.38. The van der Waals surface area contributed by atoms with Crippen molar-refractivity contribution in [3.05, 3.63) is 0 Å². The monoisotopic (exact) mass is 191 g/mol. The van der Waals surface area contributed by atoms with Crippen LogP contribution in [0.15, 0.2) is 0 Å². The number of alkyl halides is 2. The maximum atomic E-state index is 13.0. The summed E-state index contributed by atoms with van der Waals surface area (Å²) in [5.74, 6) is -2.47. The summed E-state index contributed by atoms with van der Waals surface area (Å²) < 4.78 is 26.0. The van der Waals surface area contributed by atoms with E-state index >= 15 is 0 Å². The van der Waals surface area contributed by atoms with Crippen molar-refractivity contribution >= 4 is 0 Å². The zero-order chi connectivity index (χ0) is 9.47. The molecule has 0 aliphatic carbocycles. The molecule has 0 aromatic rings. The average molecular weight is 191 g/mol. The van der Waals surface area contributed by atoms with Gasteiger partial charge >= 0.3 is 0 Å². The number of halogens is 2. The molecule has 2 nitrogen and oxygen atoms in total. The molecule has 13 heavy (non-hydrogen) atoms. The largest absolute Gasteiger partial charge is 0.395 e. The summed E-state index contributed by atoms with van der Waals surface area (Å²) in [6.07, 6.45) is 1.64. The molecule has 0 saturated carbocycles. The minimum Gasteiger partial charge on any atom is -0.395 e. The normalized spacial score (nSPS) is 39.0. The van der Waals surface area contributed by atoms with Crippen molar-refractivity contribution in [2.24, 2.45) is 0 Å². The molecule has 0 aromatic heterocycles. The highest BCUT2D eigenvalue weighted by atomic mass is 19.3. The molecule has 2 atom stereocenters. The minimum atomic E-state index is -2.47. The highest BCUT2D eigenvalue weighted by molar-refractivity contribution is 4.94. The second kappa shape index (κ2) is 3.17. The molecule has 0 radical (unpaired) electrons. The summed E-state index contributed by atoms with van der Waals surface area (Å²) in [5, 5.41) is 9.01. The van der Waals surface area contributed by atoms with Crippen LogP contribution in [0.2, 0.25) is 0 Å². The number of hydrogen-bond donors (Lipinski definition) is 1. The Balaban J connectivity index is 2.02. The van der Waals surface area contributed by atoms with Gasteiger partial charge in [-0.25, -0.2) is 8.78 Å². The number of rotatable bonds is 1. The number of aliphatic hydroxyl groups excluding tert-OH is 1. The first-order chi connectivity index (χ1) is 6.12. The number of aliphatic hydroxyl groups is 1. The van der Waals surface area contributed by atoms with Gasteiger partial charge in [0.2, 0.25) is 0 Å². The predicted octanol–water partition coefficient (Wildman–Crippen LogP) is 1.24. The molecular formula is C9H15F2NO. The van der Waals surface area contributed by atoms with Gasteiger partial charge in [-0.05, 0) is 12.8 Å². The molecule has 2 saturated heterocycles. The lowest BCUT2D eigenvalue weighted by molar-refractivity contribution is -0.0781. The fraction of sp³-hybridized carbons (Fsp3) is 1.00. The molecule has 2 aliphatic rings. The Morgan fingerprint density at radius 2 is 2.15 bits per heavy atom. The summed E-state index contributed by atoms with van der Waals surface area (Å²) >= 11 is 0. The van der Waals surface area contributed by atoms with Gasteiger partial charge in [0.1, 0.15) is 0 Å². The van der Waals surface area contributed by atoms with E-state index in [0.717, 1.165) is 12.8 Å². The molecule has 1 unspecified atom stereocenters. The first kappa shape index (κ1) is 9.34. The third-order valence-corrected chi connectivity index (χ3v) is 3.25. The van der Waals surface area contributed by atoms with Gasteiger partial charge in [0.05, 0.1) is 6.61 Å². The van der Waals surface area contributed by atoms with E-state index in [1.807, 2.05) is 0 Å². The van der Waals surface area contributed by atoms with Gasteiger partial charge < -0.3 is 5.11 Å². The van der Waals surface area contributed by atoms with Crippen LogP contribution >= 0.6 is 0 Å². The van der Waals surface area contributed by atoms with Crippen molar-refractivity contribution in [3.8, 4) is 0 Å². The smallest absolute Gasteiger partial charge is 0.250 e. The molecule has 2 rings (SSSR count). The van der Waals surface area contributed by atoms with Crippen molar-refractivity contribution in [1.29, 1.82) is 0 Å². The van der Waals surface area contributed by atoms with E-state index in [0.29, 0.717) is 6.54 Å². The summed E-state index contributed by atoms with van der Waals surface area (Å²) in [7, 11) is 0. The van der Waals surface area contributed by atoms with Gasteiger partial charge in [0.15, 0.2) is 0 Å². The van der Waals surface area contributed by atoms with E-state index < -0.39 is 5.92 Å². The van der Waals surface area contributed by atoms with Gasteiger partial charge in [-0.1, -0.05) is 0 Å². The molecule has 0 aromatic carbocycles. The van der Waals surface area contributed by atoms with E-state index in [1.165, 1.54) is 0 Å². The first-order valence-electron chi connectivity index (χ1n) is 4.87. The van der Waals surface area contributed by atoms with Gasteiger partial charge in [-0.2, -0.15) is 0 Å². The zero-order valence-corrected chi connectivity index (χ0v) is 7.55. The van der Waals surface area contributed by atoms with E-state index in [-0.39, 0.29) is 31.5 Å². The standard InChI is InChI=1S/C9H15F2NO/c10-9(11)3-4-12-7(5-9)1-2-8(12)6-13/h7-8,13H,1-6H2/t7?,8-/m0/s1. The third-order valence-electron chi connectivity index (χ3n) is 3.25. The van der Waals surface area contributed by atoms with Crippen molar-refractivity contribution in [2.45, 2.75) is 43.7 Å². The van der Waals surface area contributed by atoms with Crippen LogP contribution in [0, 0.1) is 0 Å². The fourth-order valence-electron chi connectivity index (χ4n) is 2.53. The van der Waals surface area contributed by atoms with Crippen LogP contribution in [0.25, 0.3) is 0 Å². The van der Waals surface area contributed by atoms with Gasteiger partial charge in [0.25, 0.3) is 5.92 Å². The van der Waals surface area contributed by atoms with E-state index in [1.54, 1.807) is 0 Å². The third kappa shape index (κ3) is 1.70. The lowest BCUT2D eigenvalue weighted by Gasteiger charge is -2.37. The lowest BCUT2D eigenvalue weighted by Crippen LogP contribution is -2.47. The molecule has 0 bridgehead atoms. The minimum absolute atomic E-state index is 0.0104. The Morgan fingerprint density at radius 3 is 2.85 bits per heavy atom. The second-order valence-corrected chi connectivity index (χ2v) is 4.12. The Hall–Kier alpha value is -0.220. The summed E-state index contributed by atoms with van der Waals surface area (Å²) in [4.78, 5) is 2.05. The van der Waals surface area contributed by atoms with E-state index in [4.69, 9.17) is 5.11 Å². The van der Waals surface area contributed by atoms with Crippen LogP contribution in [0.5, 0.6) is 0 Å². The maximum absolute atomic E-state index is 13.0. The quantitative estimate of drug-likeness (QED) is 0.674. The molecule has 0 spiro atoms. The predicted molar refractivity (Wildman–Crippen MR) is 44.8 cm³/mol. The van der Waals surface area contributed by atoms with E-state index in [2.05, 4.69) is 4.90 Å². The zero-order valence-electron chi connectivity index (χ0n) is 7.55. The highest BCUT2D eigenvalue weighted by Gasteiger charge is 2.45. The lowest BCUT2D eigenvalue weighted by atomic mass is 9.99. The molecule has 2 heterocycles. The van der Waals surface area contributed by atoms with Crippen LogP contribution in [0.1, 0.15) is 25.7 Å². The van der Waals surface area contributed by atoms with Crippen LogP contribution in [0.3, 0.4) is 0 Å². The van der Waals surface area contributed by atoms with Crippen molar-refractivity contribution < 1.29 is 13.9 Å². The Morgan fingerprint density at radius 1 is 1.38 bits per heavy atom. The van der Waals surface area contributed by atoms with Gasteiger partial charge in [-0.15, -0.1) is 0 Å². The molecule has 4 heteroatoms. The molecular weight excluding hydrogens is 176 g/mol. The number of hydrogen-bond acceptors (Lipinski definition) is 2. The Bertz CT molecular complexity index is 198. The summed E-state index contributed by atoms with van der Waals surface area (Å²) in [6, 6.07) is 0.155. The van der Waals surface area contributed by atoms with E-state index in [9.17, 15) is 8.78 Å². The van der Waals surface area contributed by atoms with Gasteiger partial charge in [0, 0.05) is 31.5 Å². The number of nitrogens with zero attached hydrogens (tertiary/aromatic N) is 1. The number of piperidine rings is 1. The Labute approximate surface area is 76.5 Å².